The second-order valence-electron chi connectivity index (χ2n) is 4.56. The molecule has 2 aliphatic rings. The first-order chi connectivity index (χ1) is 10.8. The second kappa shape index (κ2) is 4.13. The van der Waals surface area contributed by atoms with Gasteiger partial charge in [0.25, 0.3) is 0 Å². The third-order valence-electron chi connectivity index (χ3n) is 3.43. The maximum atomic E-state index is 11.9. The van der Waals surface area contributed by atoms with Crippen LogP contribution in [-0.4, -0.2) is 5.91 Å². The summed E-state index contributed by atoms with van der Waals surface area (Å²) < 4.78 is 49.1. The van der Waals surface area contributed by atoms with Gasteiger partial charge in [-0.2, -0.15) is 0 Å². The molecule has 2 nitrogen and oxygen atoms in total. The molecule has 18 heavy (non-hydrogen) atoms. The zero-order valence-electron chi connectivity index (χ0n) is 15.8. The van der Waals surface area contributed by atoms with Gasteiger partial charge >= 0.3 is 0 Å². The Morgan fingerprint density at radius 1 is 1.56 bits per heavy atom. The van der Waals surface area contributed by atoms with Crippen LogP contribution >= 0.6 is 11.6 Å². The number of benzene rings is 1. The zero-order valence-corrected chi connectivity index (χ0v) is 10.6. The maximum Gasteiger partial charge on any atom is 0.224 e. The van der Waals surface area contributed by atoms with Crippen LogP contribution in [0.1, 0.15) is 44.0 Å². The normalized spacial score (nSPS) is 35.1. The Labute approximate surface area is 120 Å². The Hall–Kier alpha value is -1.28. The van der Waals surface area contributed by atoms with Crippen LogP contribution in [0, 0.1) is 12.8 Å². The van der Waals surface area contributed by atoms with E-state index in [0.29, 0.717) is 10.6 Å². The van der Waals surface area contributed by atoms with Crippen molar-refractivity contribution in [1.29, 1.82) is 0 Å². The fraction of sp³-hybridized carbons (Fsp3) is 0.400. The number of primary amides is 1. The Balaban J connectivity index is 2.38. The number of amides is 1. The molecule has 0 bridgehead atoms. The van der Waals surface area contributed by atoms with Crippen LogP contribution in [0.2, 0.25) is 5.02 Å². The Morgan fingerprint density at radius 2 is 2.33 bits per heavy atom. The van der Waals surface area contributed by atoms with E-state index >= 15 is 0 Å². The van der Waals surface area contributed by atoms with Crippen molar-refractivity contribution in [2.75, 3.05) is 0 Å². The number of carbonyl (C=O) groups is 1. The van der Waals surface area contributed by atoms with Gasteiger partial charge in [0.2, 0.25) is 5.91 Å². The molecule has 94 valence electrons. The number of carbonyl (C=O) groups excluding carboxylic acids is 1. The van der Waals surface area contributed by atoms with Gasteiger partial charge in [0.1, 0.15) is 0 Å². The molecule has 0 spiro atoms. The fourth-order valence-corrected chi connectivity index (χ4v) is 2.85. The summed E-state index contributed by atoms with van der Waals surface area (Å²) in [5, 5.41) is 0.376. The van der Waals surface area contributed by atoms with Gasteiger partial charge in [0.15, 0.2) is 0 Å². The summed E-state index contributed by atoms with van der Waals surface area (Å²) in [7, 11) is 0. The zero-order chi connectivity index (χ0) is 18.2. The van der Waals surface area contributed by atoms with E-state index in [1.807, 2.05) is 0 Å². The summed E-state index contributed by atoms with van der Waals surface area (Å²) in [5.74, 6) is -2.53. The smallest absolute Gasteiger partial charge is 0.224 e. The predicted octanol–water partition coefficient (Wildman–Crippen LogP) is 3.24. The van der Waals surface area contributed by atoms with Crippen molar-refractivity contribution in [2.45, 2.75) is 32.5 Å². The molecule has 0 aromatic heterocycles. The minimum atomic E-state index is -2.93. The molecule has 0 saturated heterocycles. The molecule has 0 heterocycles. The molecule has 0 radical (unpaired) electrons. The number of nitrogens with two attached hydrogens (primary N) is 1. The Kier molecular flexibility index (Phi) is 1.55. The molecular weight excluding hydrogens is 246 g/mol. The highest BCUT2D eigenvalue weighted by atomic mass is 35.5. The summed E-state index contributed by atoms with van der Waals surface area (Å²) in [6.45, 7) is 1.79. The van der Waals surface area contributed by atoms with Crippen molar-refractivity contribution in [2.24, 2.45) is 11.7 Å². The van der Waals surface area contributed by atoms with Gasteiger partial charge in [0.05, 0.1) is 5.92 Å². The van der Waals surface area contributed by atoms with Crippen LogP contribution in [0.5, 0.6) is 0 Å². The highest BCUT2D eigenvalue weighted by molar-refractivity contribution is 6.30. The van der Waals surface area contributed by atoms with Crippen LogP contribution in [0.15, 0.2) is 17.7 Å². The van der Waals surface area contributed by atoms with E-state index < -0.39 is 30.9 Å². The molecule has 3 rings (SSSR count). The molecule has 0 aliphatic heterocycles. The second-order valence-corrected chi connectivity index (χ2v) is 4.99. The summed E-state index contributed by atoms with van der Waals surface area (Å²) in [6, 6.07) is 3.25. The molecule has 1 atom stereocenters. The number of halogens is 1. The number of aryl methyl sites for hydroxylation is 1. The summed E-state index contributed by atoms with van der Waals surface area (Å²) in [6.07, 6.45) is -8.16. The van der Waals surface area contributed by atoms with Crippen LogP contribution < -0.4 is 5.73 Å². The quantitative estimate of drug-likeness (QED) is 0.834. The van der Waals surface area contributed by atoms with Crippen LogP contribution in [0.25, 0.3) is 5.57 Å². The lowest BCUT2D eigenvalue weighted by Crippen LogP contribution is -2.27. The van der Waals surface area contributed by atoms with E-state index in [0.717, 1.165) is 11.1 Å². The lowest BCUT2D eigenvalue weighted by Gasteiger charge is -2.22. The standard InChI is InChI=1S/C15H16ClNO/c1-8-5-9(16)6-13-10-3-2-4-11(15(17)18)14(10)7-12(8)13/h5-6,11H,2-4,7H2,1H3,(H2,17,18)/i2D2,3D2,4D2. The van der Waals surface area contributed by atoms with Crippen molar-refractivity contribution in [3.05, 3.63) is 39.4 Å². The Morgan fingerprint density at radius 3 is 3.06 bits per heavy atom. The molecule has 1 aromatic rings. The molecule has 1 unspecified atom stereocenters. The highest BCUT2D eigenvalue weighted by Gasteiger charge is 2.33. The SMILES string of the molecule is [2H]C1([2H])C2=C(Cc3c(C)cc(Cl)cc32)C(C(N)=O)C([2H])([2H])C1([2H])[2H]. The van der Waals surface area contributed by atoms with Gasteiger partial charge in [-0.05, 0) is 72.4 Å². The van der Waals surface area contributed by atoms with Gasteiger partial charge in [-0.25, -0.2) is 0 Å². The third-order valence-corrected chi connectivity index (χ3v) is 3.65. The van der Waals surface area contributed by atoms with E-state index in [9.17, 15) is 4.79 Å². The van der Waals surface area contributed by atoms with Crippen LogP contribution in [-0.2, 0) is 11.2 Å². The molecule has 0 saturated carbocycles. The molecule has 3 heteroatoms. The first-order valence-electron chi connectivity index (χ1n) is 8.66. The lowest BCUT2D eigenvalue weighted by atomic mass is 9.82. The minimum absolute atomic E-state index is 0.00650. The summed E-state index contributed by atoms with van der Waals surface area (Å²) >= 11 is 6.07. The monoisotopic (exact) mass is 267 g/mol. The first-order valence-corrected chi connectivity index (χ1v) is 6.04. The number of hydrogen-bond acceptors (Lipinski definition) is 1. The summed E-state index contributed by atoms with van der Waals surface area (Å²) in [5.41, 5.74) is 7.55. The highest BCUT2D eigenvalue weighted by Crippen LogP contribution is 2.45. The topological polar surface area (TPSA) is 43.1 Å². The van der Waals surface area contributed by atoms with Crippen molar-refractivity contribution in [3.63, 3.8) is 0 Å². The molecule has 1 amide bonds. The van der Waals surface area contributed by atoms with E-state index in [2.05, 4.69) is 0 Å². The van der Waals surface area contributed by atoms with E-state index in [4.69, 9.17) is 25.6 Å². The summed E-state index contributed by atoms with van der Waals surface area (Å²) in [4.78, 5) is 11.9. The fourth-order valence-electron chi connectivity index (χ4n) is 2.58. The number of fused-ring (bicyclic) bond motifs is 2. The predicted molar refractivity (Wildman–Crippen MR) is 73.3 cm³/mol. The van der Waals surface area contributed by atoms with Gasteiger partial charge < -0.3 is 5.73 Å². The van der Waals surface area contributed by atoms with Gasteiger partial charge in [-0.1, -0.05) is 11.6 Å². The number of allylic oxidation sites excluding steroid dienone is 1. The minimum Gasteiger partial charge on any atom is -0.369 e. The average Bonchev–Trinajstić information content (AvgIpc) is 2.76. The van der Waals surface area contributed by atoms with Crippen molar-refractivity contribution >= 4 is 23.1 Å². The number of rotatable bonds is 1. The van der Waals surface area contributed by atoms with E-state index in [1.54, 1.807) is 19.1 Å². The largest absolute Gasteiger partial charge is 0.369 e. The number of hydrogen-bond donors (Lipinski definition) is 1. The van der Waals surface area contributed by atoms with E-state index in [-0.39, 0.29) is 17.6 Å². The van der Waals surface area contributed by atoms with Gasteiger partial charge in [0, 0.05) is 13.2 Å². The maximum absolute atomic E-state index is 11.9. The molecule has 0 fully saturated rings. The van der Waals surface area contributed by atoms with Crippen molar-refractivity contribution < 1.29 is 13.0 Å². The lowest BCUT2D eigenvalue weighted by molar-refractivity contribution is -0.121. The van der Waals surface area contributed by atoms with Crippen LogP contribution in [0.4, 0.5) is 0 Å². The van der Waals surface area contributed by atoms with Crippen molar-refractivity contribution in [1.82, 2.24) is 0 Å². The molecule has 1 aromatic carbocycles. The first kappa shape index (κ1) is 6.76. The van der Waals surface area contributed by atoms with Crippen LogP contribution in [0.3, 0.4) is 0 Å². The van der Waals surface area contributed by atoms with Crippen molar-refractivity contribution in [3.8, 4) is 0 Å². The molecule has 2 N–H and O–H groups in total. The molecule has 2 aliphatic carbocycles. The Bertz CT molecular complexity index is 801. The van der Waals surface area contributed by atoms with Gasteiger partial charge in [-0.15, -0.1) is 0 Å². The average molecular weight is 268 g/mol. The molecular formula is C15H16ClNO. The third kappa shape index (κ3) is 1.67. The van der Waals surface area contributed by atoms with Gasteiger partial charge in [-0.3, -0.25) is 4.79 Å². The van der Waals surface area contributed by atoms with E-state index in [1.165, 1.54) is 0 Å².